The normalized spacial score (nSPS) is 19.9. The first-order valence-electron chi connectivity index (χ1n) is 12.2. The molecule has 6 heteroatoms. The van der Waals surface area contributed by atoms with Gasteiger partial charge in [0.1, 0.15) is 16.9 Å². The molecule has 3 aliphatic rings. The van der Waals surface area contributed by atoms with Crippen molar-refractivity contribution < 1.29 is 4.39 Å². The number of thiophene rings is 1. The first kappa shape index (κ1) is 21.4. The summed E-state index contributed by atoms with van der Waals surface area (Å²) in [6.07, 6.45) is 8.14. The summed E-state index contributed by atoms with van der Waals surface area (Å²) in [6, 6.07) is 10.2. The Morgan fingerprint density at radius 3 is 2.79 bits per heavy atom. The van der Waals surface area contributed by atoms with Crippen LogP contribution in [0.1, 0.15) is 56.6 Å². The van der Waals surface area contributed by atoms with E-state index in [0.29, 0.717) is 32.6 Å². The van der Waals surface area contributed by atoms with E-state index in [0.717, 1.165) is 58.8 Å². The molecule has 2 aromatic carbocycles. The number of rotatable bonds is 3. The fraction of sp³-hybridized carbons (Fsp3) is 0.357. The average molecular weight is 471 g/mol. The Morgan fingerprint density at radius 2 is 2.06 bits per heavy atom. The van der Waals surface area contributed by atoms with Gasteiger partial charge in [-0.3, -0.25) is 0 Å². The fourth-order valence-electron chi connectivity index (χ4n) is 6.28. The number of benzene rings is 2. The molecule has 2 N–H and O–H groups in total. The van der Waals surface area contributed by atoms with Gasteiger partial charge < -0.3 is 10.6 Å². The minimum Gasteiger partial charge on any atom is -0.389 e. The molecular formula is C28H27FN4S. The highest BCUT2D eigenvalue weighted by Gasteiger charge is 2.39. The van der Waals surface area contributed by atoms with Gasteiger partial charge in [-0.15, -0.1) is 11.3 Å². The third-order valence-corrected chi connectivity index (χ3v) is 8.88. The van der Waals surface area contributed by atoms with E-state index in [1.807, 2.05) is 0 Å². The summed E-state index contributed by atoms with van der Waals surface area (Å²) in [4.78, 5) is 7.53. The molecule has 0 spiro atoms. The zero-order valence-electron chi connectivity index (χ0n) is 19.3. The number of halogens is 1. The molecule has 1 aromatic heterocycles. The molecule has 4 nitrogen and oxygen atoms in total. The number of anilines is 2. The number of hydrogen-bond donors (Lipinski definition) is 1. The highest BCUT2D eigenvalue weighted by atomic mass is 32.1. The lowest BCUT2D eigenvalue weighted by molar-refractivity contribution is 0.390. The highest BCUT2D eigenvalue weighted by molar-refractivity contribution is 7.23. The third kappa shape index (κ3) is 3.03. The maximum atomic E-state index is 14.6. The quantitative estimate of drug-likeness (QED) is 0.431. The Labute approximate surface area is 203 Å². The summed E-state index contributed by atoms with van der Waals surface area (Å²) < 4.78 is 15.1. The van der Waals surface area contributed by atoms with Crippen molar-refractivity contribution in [3.05, 3.63) is 53.5 Å². The Morgan fingerprint density at radius 1 is 1.26 bits per heavy atom. The van der Waals surface area contributed by atoms with Gasteiger partial charge in [0.25, 0.3) is 0 Å². The van der Waals surface area contributed by atoms with Crippen LogP contribution in [0.4, 0.5) is 20.8 Å². The van der Waals surface area contributed by atoms with Crippen LogP contribution in [-0.4, -0.2) is 11.8 Å². The van der Waals surface area contributed by atoms with Crippen LogP contribution in [-0.2, 0) is 6.42 Å². The van der Waals surface area contributed by atoms with E-state index in [-0.39, 0.29) is 5.82 Å². The predicted octanol–water partition coefficient (Wildman–Crippen LogP) is 7.48. The van der Waals surface area contributed by atoms with Crippen molar-refractivity contribution in [3.8, 4) is 17.2 Å². The van der Waals surface area contributed by atoms with E-state index in [2.05, 4.69) is 36.6 Å². The summed E-state index contributed by atoms with van der Waals surface area (Å²) in [5, 5.41) is 10.7. The van der Waals surface area contributed by atoms with E-state index in [9.17, 15) is 9.65 Å². The van der Waals surface area contributed by atoms with Gasteiger partial charge in [0, 0.05) is 11.4 Å². The van der Waals surface area contributed by atoms with Crippen molar-refractivity contribution in [2.75, 3.05) is 10.6 Å². The van der Waals surface area contributed by atoms with Crippen LogP contribution in [0.25, 0.3) is 21.2 Å². The summed E-state index contributed by atoms with van der Waals surface area (Å²) in [5.41, 5.74) is 13.7. The minimum atomic E-state index is -0.343. The Bertz CT molecular complexity index is 1420. The third-order valence-electron chi connectivity index (χ3n) is 7.85. The monoisotopic (exact) mass is 470 g/mol. The topological polar surface area (TPSA) is 65.4 Å². The van der Waals surface area contributed by atoms with Crippen molar-refractivity contribution in [1.29, 1.82) is 5.26 Å². The van der Waals surface area contributed by atoms with Crippen LogP contribution in [0, 0.1) is 23.1 Å². The van der Waals surface area contributed by atoms with Gasteiger partial charge in [-0.1, -0.05) is 32.4 Å². The van der Waals surface area contributed by atoms with Crippen molar-refractivity contribution in [2.45, 2.75) is 57.9 Å². The first-order valence-corrected chi connectivity index (χ1v) is 13.0. The summed E-state index contributed by atoms with van der Waals surface area (Å²) in [7, 11) is 0. The molecule has 0 bridgehead atoms. The van der Waals surface area contributed by atoms with Gasteiger partial charge in [0.15, 0.2) is 0 Å². The average Bonchev–Trinajstić information content (AvgIpc) is 3.49. The second-order valence-corrected chi connectivity index (χ2v) is 10.7. The number of fused-ring (bicyclic) bond motifs is 1. The summed E-state index contributed by atoms with van der Waals surface area (Å²) >= 11 is 1.14. The minimum absolute atomic E-state index is 0.343. The van der Waals surface area contributed by atoms with Crippen molar-refractivity contribution in [3.63, 3.8) is 0 Å². The lowest BCUT2D eigenvalue weighted by Gasteiger charge is -2.45. The Balaban J connectivity index is 1.57. The van der Waals surface area contributed by atoms with Crippen molar-refractivity contribution in [2.24, 2.45) is 10.9 Å². The van der Waals surface area contributed by atoms with E-state index in [1.54, 1.807) is 6.07 Å². The number of nitrogen functional groups attached to an aromatic ring is 1. The molecule has 1 unspecified atom stereocenters. The molecule has 34 heavy (non-hydrogen) atoms. The molecule has 1 fully saturated rings. The molecule has 1 atom stereocenters. The lowest BCUT2D eigenvalue weighted by atomic mass is 9.83. The molecule has 6 rings (SSSR count). The Hall–Kier alpha value is -3.17. The lowest BCUT2D eigenvalue weighted by Crippen LogP contribution is -2.45. The van der Waals surface area contributed by atoms with Crippen LogP contribution in [0.3, 0.4) is 0 Å². The molecule has 0 saturated heterocycles. The molecule has 3 aromatic rings. The number of nitrogens with zero attached hydrogens (tertiary/aromatic N) is 3. The zero-order chi connectivity index (χ0) is 23.6. The molecule has 172 valence electrons. The first-order chi connectivity index (χ1) is 16.5. The second-order valence-electron chi connectivity index (χ2n) is 9.63. The van der Waals surface area contributed by atoms with E-state index >= 15 is 0 Å². The van der Waals surface area contributed by atoms with Gasteiger partial charge in [-0.05, 0) is 72.9 Å². The van der Waals surface area contributed by atoms with Crippen LogP contribution in [0.5, 0.6) is 0 Å². The smallest absolute Gasteiger partial charge is 0.141 e. The molecule has 3 heterocycles. The van der Waals surface area contributed by atoms with Crippen LogP contribution in [0.15, 0.2) is 41.5 Å². The molecule has 1 aliphatic carbocycles. The van der Waals surface area contributed by atoms with Crippen LogP contribution >= 0.6 is 11.3 Å². The second kappa shape index (κ2) is 7.95. The Kier molecular flexibility index (Phi) is 5.00. The van der Waals surface area contributed by atoms with Crippen molar-refractivity contribution in [1.82, 2.24) is 0 Å². The van der Waals surface area contributed by atoms with E-state index < -0.39 is 0 Å². The number of aryl methyl sites for hydroxylation is 1. The highest BCUT2D eigenvalue weighted by Crippen LogP contribution is 2.50. The molecule has 0 amide bonds. The number of allylic oxidation sites excluding steroid dienone is 1. The van der Waals surface area contributed by atoms with Gasteiger partial charge in [0.05, 0.1) is 33.0 Å². The molecule has 1 saturated carbocycles. The van der Waals surface area contributed by atoms with E-state index in [4.69, 9.17) is 10.7 Å². The number of aliphatic imine (C=N–C) groups is 1. The largest absolute Gasteiger partial charge is 0.389 e. The number of hydrogen-bond acceptors (Lipinski definition) is 5. The molecule has 2 aliphatic heterocycles. The molecule has 0 radical (unpaired) electrons. The fourth-order valence-corrected chi connectivity index (χ4v) is 7.23. The summed E-state index contributed by atoms with van der Waals surface area (Å²) in [6.45, 7) is 6.61. The molecular weight excluding hydrogens is 443 g/mol. The van der Waals surface area contributed by atoms with Gasteiger partial charge >= 0.3 is 0 Å². The van der Waals surface area contributed by atoms with Crippen LogP contribution < -0.4 is 10.6 Å². The number of nitriles is 1. The standard InChI is InChI=1S/C28H27FN4S/c1-3-22-15(2)33-24(16-6-4-5-7-16)11-8-17-12-18(13-23(32-22)26(17)33)19-9-10-21(29)27-25(19)20(14-30)28(31)34-27/h9-10,12-13,16,24H,2-8,11,31H2,1H3. The van der Waals surface area contributed by atoms with Crippen LogP contribution in [0.2, 0.25) is 0 Å². The number of nitrogens with two attached hydrogens (primary N) is 1. The van der Waals surface area contributed by atoms with Gasteiger partial charge in [-0.2, -0.15) is 5.26 Å². The van der Waals surface area contributed by atoms with Gasteiger partial charge in [0.2, 0.25) is 0 Å². The maximum absolute atomic E-state index is 14.6. The van der Waals surface area contributed by atoms with E-state index in [1.165, 1.54) is 43.0 Å². The predicted molar refractivity (Wildman–Crippen MR) is 139 cm³/mol. The van der Waals surface area contributed by atoms with Crippen molar-refractivity contribution >= 4 is 43.5 Å². The SMILES string of the molecule is C=C1C(CC)=Nc2cc(-c3ccc(F)c4sc(N)c(C#N)c34)cc3c2N1C(C1CCCC1)CC3. The van der Waals surface area contributed by atoms with Gasteiger partial charge in [-0.25, -0.2) is 9.38 Å². The zero-order valence-corrected chi connectivity index (χ0v) is 20.1. The maximum Gasteiger partial charge on any atom is 0.141 e. The summed E-state index contributed by atoms with van der Waals surface area (Å²) in [5.74, 6) is 0.363.